The second-order valence-electron chi connectivity index (χ2n) is 6.17. The molecule has 0 unspecified atom stereocenters. The summed E-state index contributed by atoms with van der Waals surface area (Å²) < 4.78 is 16.6. The Hall–Kier alpha value is -2.69. The molecule has 0 saturated carbocycles. The van der Waals surface area contributed by atoms with Crippen LogP contribution in [-0.2, 0) is 4.79 Å². The van der Waals surface area contributed by atoms with Crippen LogP contribution in [0.15, 0.2) is 42.5 Å². The van der Waals surface area contributed by atoms with E-state index in [1.165, 1.54) is 0 Å². The minimum Gasteiger partial charge on any atom is -0.497 e. The first-order valence-corrected chi connectivity index (χ1v) is 8.74. The van der Waals surface area contributed by atoms with Gasteiger partial charge in [-0.2, -0.15) is 0 Å². The van der Waals surface area contributed by atoms with Crippen LogP contribution in [0.3, 0.4) is 0 Å². The lowest BCUT2D eigenvalue weighted by molar-refractivity contribution is -0.128. The molecule has 2 atom stereocenters. The fourth-order valence-corrected chi connectivity index (χ4v) is 2.74. The van der Waals surface area contributed by atoms with Crippen molar-refractivity contribution in [1.29, 1.82) is 0 Å². The molecule has 0 bridgehead atoms. The van der Waals surface area contributed by atoms with E-state index in [4.69, 9.17) is 14.2 Å². The highest BCUT2D eigenvalue weighted by Gasteiger charge is 2.22. The van der Waals surface area contributed by atoms with Crippen molar-refractivity contribution in [2.24, 2.45) is 0 Å². The standard InChI is InChI=1S/C21H27NO4/c1-6-19(26-17-9-7-8-14(2)12-17)21(23)22-15(3)18-13-16(24-4)10-11-20(18)25-5/h7-13,15,19H,6H2,1-5H3,(H,22,23)/t15-,19-/m1/s1. The monoisotopic (exact) mass is 357 g/mol. The van der Waals surface area contributed by atoms with Crippen molar-refractivity contribution < 1.29 is 19.0 Å². The van der Waals surface area contributed by atoms with Gasteiger partial charge in [-0.25, -0.2) is 0 Å². The Morgan fingerprint density at radius 3 is 2.46 bits per heavy atom. The molecule has 0 aliphatic carbocycles. The molecule has 0 saturated heterocycles. The minimum atomic E-state index is -0.559. The fourth-order valence-electron chi connectivity index (χ4n) is 2.74. The van der Waals surface area contributed by atoms with Crippen LogP contribution < -0.4 is 19.5 Å². The SMILES string of the molecule is CC[C@@H](Oc1cccc(C)c1)C(=O)N[C@H](C)c1cc(OC)ccc1OC. The number of carbonyl (C=O) groups excluding carboxylic acids is 1. The zero-order valence-electron chi connectivity index (χ0n) is 16.0. The highest BCUT2D eigenvalue weighted by Crippen LogP contribution is 2.29. The van der Waals surface area contributed by atoms with E-state index in [-0.39, 0.29) is 11.9 Å². The van der Waals surface area contributed by atoms with Gasteiger partial charge in [0, 0.05) is 5.56 Å². The Morgan fingerprint density at radius 2 is 1.85 bits per heavy atom. The molecule has 0 spiro atoms. The molecule has 140 valence electrons. The van der Waals surface area contributed by atoms with E-state index in [1.54, 1.807) is 14.2 Å². The molecular weight excluding hydrogens is 330 g/mol. The third kappa shape index (κ3) is 4.91. The van der Waals surface area contributed by atoms with E-state index in [2.05, 4.69) is 5.32 Å². The Labute approximate surface area is 155 Å². The smallest absolute Gasteiger partial charge is 0.261 e. The van der Waals surface area contributed by atoms with Crippen LogP contribution in [0, 0.1) is 6.92 Å². The second-order valence-corrected chi connectivity index (χ2v) is 6.17. The first-order valence-electron chi connectivity index (χ1n) is 8.74. The summed E-state index contributed by atoms with van der Waals surface area (Å²) in [5.74, 6) is 1.95. The van der Waals surface area contributed by atoms with E-state index in [0.29, 0.717) is 23.7 Å². The Kier molecular flexibility index (Phi) is 6.89. The van der Waals surface area contributed by atoms with Crippen LogP contribution >= 0.6 is 0 Å². The maximum absolute atomic E-state index is 12.7. The summed E-state index contributed by atoms with van der Waals surface area (Å²) in [5.41, 5.74) is 1.94. The van der Waals surface area contributed by atoms with Gasteiger partial charge in [0.05, 0.1) is 20.3 Å². The highest BCUT2D eigenvalue weighted by molar-refractivity contribution is 5.81. The lowest BCUT2D eigenvalue weighted by Crippen LogP contribution is -2.39. The van der Waals surface area contributed by atoms with Crippen LogP contribution in [0.2, 0.25) is 0 Å². The normalized spacial score (nSPS) is 12.8. The molecule has 2 aromatic rings. The Balaban J connectivity index is 2.11. The van der Waals surface area contributed by atoms with E-state index >= 15 is 0 Å². The molecule has 2 rings (SSSR count). The number of nitrogens with one attached hydrogen (secondary N) is 1. The molecular formula is C21H27NO4. The first-order chi connectivity index (χ1) is 12.5. The third-order valence-electron chi connectivity index (χ3n) is 4.19. The summed E-state index contributed by atoms with van der Waals surface area (Å²) in [6, 6.07) is 13.0. The average molecular weight is 357 g/mol. The zero-order valence-corrected chi connectivity index (χ0v) is 16.0. The number of methoxy groups -OCH3 is 2. The predicted molar refractivity (Wildman–Crippen MR) is 102 cm³/mol. The van der Waals surface area contributed by atoms with Gasteiger partial charge in [-0.3, -0.25) is 4.79 Å². The first kappa shape index (κ1) is 19.6. The molecule has 1 amide bonds. The van der Waals surface area contributed by atoms with Crippen LogP contribution in [0.1, 0.15) is 37.4 Å². The van der Waals surface area contributed by atoms with Crippen LogP contribution in [-0.4, -0.2) is 26.2 Å². The summed E-state index contributed by atoms with van der Waals surface area (Å²) in [5, 5.41) is 3.01. The topological polar surface area (TPSA) is 56.8 Å². The molecule has 0 aromatic heterocycles. The third-order valence-corrected chi connectivity index (χ3v) is 4.19. The van der Waals surface area contributed by atoms with Gasteiger partial charge in [0.2, 0.25) is 0 Å². The molecule has 5 heteroatoms. The average Bonchev–Trinajstić information content (AvgIpc) is 2.65. The summed E-state index contributed by atoms with van der Waals surface area (Å²) in [6.07, 6.45) is 0.0118. The Morgan fingerprint density at radius 1 is 1.08 bits per heavy atom. The maximum atomic E-state index is 12.7. The molecule has 0 aliphatic heterocycles. The number of carbonyl (C=O) groups is 1. The number of hydrogen-bond acceptors (Lipinski definition) is 4. The number of aryl methyl sites for hydroxylation is 1. The molecule has 0 heterocycles. The van der Waals surface area contributed by atoms with Crippen molar-refractivity contribution >= 4 is 5.91 Å². The van der Waals surface area contributed by atoms with Crippen molar-refractivity contribution in [2.75, 3.05) is 14.2 Å². The lowest BCUT2D eigenvalue weighted by Gasteiger charge is -2.22. The number of hydrogen-bond donors (Lipinski definition) is 1. The van der Waals surface area contributed by atoms with Gasteiger partial charge in [-0.1, -0.05) is 19.1 Å². The van der Waals surface area contributed by atoms with E-state index in [0.717, 1.165) is 11.1 Å². The summed E-state index contributed by atoms with van der Waals surface area (Å²) in [4.78, 5) is 12.7. The second kappa shape index (κ2) is 9.13. The number of rotatable bonds is 8. The lowest BCUT2D eigenvalue weighted by atomic mass is 10.1. The van der Waals surface area contributed by atoms with Crippen molar-refractivity contribution in [3.8, 4) is 17.2 Å². The van der Waals surface area contributed by atoms with E-state index < -0.39 is 6.10 Å². The van der Waals surface area contributed by atoms with Gasteiger partial charge in [-0.15, -0.1) is 0 Å². The summed E-state index contributed by atoms with van der Waals surface area (Å²) in [7, 11) is 3.22. The van der Waals surface area contributed by atoms with Crippen molar-refractivity contribution in [3.63, 3.8) is 0 Å². The zero-order chi connectivity index (χ0) is 19.1. The fraction of sp³-hybridized carbons (Fsp3) is 0.381. The van der Waals surface area contributed by atoms with Crippen molar-refractivity contribution in [1.82, 2.24) is 5.32 Å². The maximum Gasteiger partial charge on any atom is 0.261 e. The van der Waals surface area contributed by atoms with Gasteiger partial charge < -0.3 is 19.5 Å². The van der Waals surface area contributed by atoms with Crippen molar-refractivity contribution in [2.45, 2.75) is 39.3 Å². The molecule has 0 aliphatic rings. The number of amides is 1. The molecule has 2 aromatic carbocycles. The molecule has 0 radical (unpaired) electrons. The largest absolute Gasteiger partial charge is 0.497 e. The van der Waals surface area contributed by atoms with E-state index in [9.17, 15) is 4.79 Å². The number of benzene rings is 2. The van der Waals surface area contributed by atoms with Crippen LogP contribution in [0.4, 0.5) is 0 Å². The predicted octanol–water partition coefficient (Wildman–Crippen LogP) is 4.05. The Bertz CT molecular complexity index is 745. The minimum absolute atomic E-state index is 0.161. The van der Waals surface area contributed by atoms with Crippen molar-refractivity contribution in [3.05, 3.63) is 53.6 Å². The summed E-state index contributed by atoms with van der Waals surface area (Å²) in [6.45, 7) is 5.83. The number of ether oxygens (including phenoxy) is 3. The van der Waals surface area contributed by atoms with Gasteiger partial charge >= 0.3 is 0 Å². The van der Waals surface area contributed by atoms with Crippen LogP contribution in [0.5, 0.6) is 17.2 Å². The molecule has 5 nitrogen and oxygen atoms in total. The van der Waals surface area contributed by atoms with Gasteiger partial charge in [0.25, 0.3) is 5.91 Å². The van der Waals surface area contributed by atoms with Gasteiger partial charge in [0.1, 0.15) is 17.2 Å². The van der Waals surface area contributed by atoms with Crippen LogP contribution in [0.25, 0.3) is 0 Å². The molecule has 1 N–H and O–H groups in total. The van der Waals surface area contributed by atoms with E-state index in [1.807, 2.05) is 63.2 Å². The van der Waals surface area contributed by atoms with Gasteiger partial charge in [0.15, 0.2) is 6.10 Å². The highest BCUT2D eigenvalue weighted by atomic mass is 16.5. The quantitative estimate of drug-likeness (QED) is 0.774. The van der Waals surface area contributed by atoms with Gasteiger partial charge in [-0.05, 0) is 56.2 Å². The molecule has 0 fully saturated rings. The summed E-state index contributed by atoms with van der Waals surface area (Å²) >= 11 is 0. The molecule has 26 heavy (non-hydrogen) atoms.